The molecule has 0 radical (unpaired) electrons. The summed E-state index contributed by atoms with van der Waals surface area (Å²) in [5.74, 6) is 0. The lowest BCUT2D eigenvalue weighted by molar-refractivity contribution is 0.241. The second-order valence-electron chi connectivity index (χ2n) is 5.14. The van der Waals surface area contributed by atoms with E-state index in [4.69, 9.17) is 0 Å². The minimum atomic E-state index is 0.412. The van der Waals surface area contributed by atoms with Crippen molar-refractivity contribution in [2.45, 2.75) is 13.0 Å². The molecule has 0 saturated carbocycles. The van der Waals surface area contributed by atoms with Gasteiger partial charge in [-0.3, -0.25) is 4.98 Å². The van der Waals surface area contributed by atoms with Crippen LogP contribution in [0.15, 0.2) is 30.3 Å². The highest BCUT2D eigenvalue weighted by Gasteiger charge is 2.20. The maximum atomic E-state index is 4.61. The molecule has 1 saturated heterocycles. The highest BCUT2D eigenvalue weighted by Crippen LogP contribution is 2.25. The van der Waals surface area contributed by atoms with Crippen LogP contribution in [0.4, 0.5) is 0 Å². The van der Waals surface area contributed by atoms with E-state index in [0.717, 1.165) is 30.8 Å². The lowest BCUT2D eigenvalue weighted by Gasteiger charge is -2.31. The number of hydrogen-bond acceptors (Lipinski definition) is 3. The molecule has 3 heteroatoms. The average Bonchev–Trinajstić information content (AvgIpc) is 2.37. The SMILES string of the molecule is Cc1cc(C2CN(C)CCN2)c2ccccc2n1. The molecule has 1 aliphatic heterocycles. The Labute approximate surface area is 108 Å². The zero-order chi connectivity index (χ0) is 12.5. The van der Waals surface area contributed by atoms with Gasteiger partial charge in [-0.1, -0.05) is 18.2 Å². The van der Waals surface area contributed by atoms with Gasteiger partial charge in [-0.15, -0.1) is 0 Å². The molecule has 1 unspecified atom stereocenters. The third-order valence-corrected chi connectivity index (χ3v) is 3.63. The molecule has 1 aromatic heterocycles. The van der Waals surface area contributed by atoms with Crippen molar-refractivity contribution in [3.05, 3.63) is 41.6 Å². The van der Waals surface area contributed by atoms with Crippen LogP contribution in [0.5, 0.6) is 0 Å². The fourth-order valence-corrected chi connectivity index (χ4v) is 2.73. The van der Waals surface area contributed by atoms with Crippen molar-refractivity contribution in [1.29, 1.82) is 0 Å². The first-order chi connectivity index (χ1) is 8.74. The third-order valence-electron chi connectivity index (χ3n) is 3.63. The maximum absolute atomic E-state index is 4.61. The Morgan fingerprint density at radius 3 is 3.00 bits per heavy atom. The highest BCUT2D eigenvalue weighted by atomic mass is 15.2. The van der Waals surface area contributed by atoms with Crippen LogP contribution >= 0.6 is 0 Å². The largest absolute Gasteiger partial charge is 0.308 e. The van der Waals surface area contributed by atoms with Crippen molar-refractivity contribution in [3.8, 4) is 0 Å². The maximum Gasteiger partial charge on any atom is 0.0708 e. The first-order valence-electron chi connectivity index (χ1n) is 6.52. The molecular weight excluding hydrogens is 222 g/mol. The van der Waals surface area contributed by atoms with Gasteiger partial charge in [0.05, 0.1) is 5.52 Å². The number of benzene rings is 1. The number of hydrogen-bond donors (Lipinski definition) is 1. The van der Waals surface area contributed by atoms with Crippen LogP contribution in [0.2, 0.25) is 0 Å². The quantitative estimate of drug-likeness (QED) is 0.829. The van der Waals surface area contributed by atoms with Crippen LogP contribution in [-0.4, -0.2) is 36.6 Å². The smallest absolute Gasteiger partial charge is 0.0708 e. The number of aromatic nitrogens is 1. The van der Waals surface area contributed by atoms with E-state index in [2.05, 4.69) is 59.5 Å². The van der Waals surface area contributed by atoms with Crippen molar-refractivity contribution in [3.63, 3.8) is 0 Å². The summed E-state index contributed by atoms with van der Waals surface area (Å²) < 4.78 is 0. The predicted octanol–water partition coefficient (Wildman–Crippen LogP) is 2.12. The van der Waals surface area contributed by atoms with Crippen molar-refractivity contribution < 1.29 is 0 Å². The van der Waals surface area contributed by atoms with Crippen molar-refractivity contribution in [2.75, 3.05) is 26.7 Å². The van der Waals surface area contributed by atoms with E-state index in [-0.39, 0.29) is 0 Å². The Bertz CT molecular complexity index is 565. The summed E-state index contributed by atoms with van der Waals surface area (Å²) in [5, 5.41) is 4.89. The van der Waals surface area contributed by atoms with Crippen molar-refractivity contribution in [2.24, 2.45) is 0 Å². The number of piperazine rings is 1. The second kappa shape index (κ2) is 4.67. The number of nitrogens with zero attached hydrogens (tertiary/aromatic N) is 2. The molecule has 1 aliphatic rings. The van der Waals surface area contributed by atoms with Crippen LogP contribution < -0.4 is 5.32 Å². The van der Waals surface area contributed by atoms with Crippen molar-refractivity contribution in [1.82, 2.24) is 15.2 Å². The van der Waals surface area contributed by atoms with E-state index in [1.54, 1.807) is 0 Å². The number of aryl methyl sites for hydroxylation is 1. The molecular formula is C15H19N3. The van der Waals surface area contributed by atoms with E-state index in [0.29, 0.717) is 6.04 Å². The molecule has 1 fully saturated rings. The number of nitrogens with one attached hydrogen (secondary N) is 1. The molecule has 2 aromatic rings. The standard InChI is InChI=1S/C15H19N3/c1-11-9-13(15-10-18(2)8-7-16-15)12-5-3-4-6-14(12)17-11/h3-6,9,15-16H,7-8,10H2,1-2H3. The molecule has 2 heterocycles. The summed E-state index contributed by atoms with van der Waals surface area (Å²) in [7, 11) is 2.18. The molecule has 3 rings (SSSR count). The summed E-state index contributed by atoms with van der Waals surface area (Å²) >= 11 is 0. The van der Waals surface area contributed by atoms with Gasteiger partial charge in [0.1, 0.15) is 0 Å². The summed E-state index contributed by atoms with van der Waals surface area (Å²) in [4.78, 5) is 6.99. The molecule has 1 atom stereocenters. The van der Waals surface area contributed by atoms with E-state index < -0.39 is 0 Å². The molecule has 0 aliphatic carbocycles. The minimum absolute atomic E-state index is 0.412. The molecule has 0 bridgehead atoms. The van der Waals surface area contributed by atoms with E-state index >= 15 is 0 Å². The first kappa shape index (κ1) is 11.6. The molecule has 0 amide bonds. The van der Waals surface area contributed by atoms with Gasteiger partial charge in [0.15, 0.2) is 0 Å². The van der Waals surface area contributed by atoms with Gasteiger partial charge < -0.3 is 10.2 Å². The Kier molecular flexibility index (Phi) is 3.02. The Morgan fingerprint density at radius 1 is 1.33 bits per heavy atom. The fraction of sp³-hybridized carbons (Fsp3) is 0.400. The summed E-state index contributed by atoms with van der Waals surface area (Å²) in [5.41, 5.74) is 3.57. The molecule has 1 aromatic carbocycles. The zero-order valence-corrected chi connectivity index (χ0v) is 11.0. The van der Waals surface area contributed by atoms with Gasteiger partial charge in [0, 0.05) is 36.8 Å². The van der Waals surface area contributed by atoms with Gasteiger partial charge >= 0.3 is 0 Å². The average molecular weight is 241 g/mol. The molecule has 18 heavy (non-hydrogen) atoms. The molecule has 3 nitrogen and oxygen atoms in total. The zero-order valence-electron chi connectivity index (χ0n) is 11.0. The van der Waals surface area contributed by atoms with Crippen LogP contribution in [0.3, 0.4) is 0 Å². The van der Waals surface area contributed by atoms with Crippen LogP contribution in [-0.2, 0) is 0 Å². The Hall–Kier alpha value is -1.45. The van der Waals surface area contributed by atoms with Gasteiger partial charge in [-0.05, 0) is 31.7 Å². The van der Waals surface area contributed by atoms with Gasteiger partial charge in [-0.2, -0.15) is 0 Å². The molecule has 0 spiro atoms. The topological polar surface area (TPSA) is 28.2 Å². The molecule has 1 N–H and O–H groups in total. The summed E-state index contributed by atoms with van der Waals surface area (Å²) in [6.07, 6.45) is 0. The van der Waals surface area contributed by atoms with Crippen molar-refractivity contribution >= 4 is 10.9 Å². The predicted molar refractivity (Wildman–Crippen MR) is 74.7 cm³/mol. The number of pyridine rings is 1. The minimum Gasteiger partial charge on any atom is -0.308 e. The Morgan fingerprint density at radius 2 is 2.17 bits per heavy atom. The second-order valence-corrected chi connectivity index (χ2v) is 5.14. The van der Waals surface area contributed by atoms with Crippen LogP contribution in [0, 0.1) is 6.92 Å². The lowest BCUT2D eigenvalue weighted by Crippen LogP contribution is -2.43. The number of rotatable bonds is 1. The van der Waals surface area contributed by atoms with Gasteiger partial charge in [-0.25, -0.2) is 0 Å². The normalized spacial score (nSPS) is 21.3. The van der Waals surface area contributed by atoms with Gasteiger partial charge in [0.2, 0.25) is 0 Å². The van der Waals surface area contributed by atoms with Crippen LogP contribution in [0.25, 0.3) is 10.9 Å². The first-order valence-corrected chi connectivity index (χ1v) is 6.52. The molecule has 94 valence electrons. The Balaban J connectivity index is 2.09. The fourth-order valence-electron chi connectivity index (χ4n) is 2.73. The number of para-hydroxylation sites is 1. The third kappa shape index (κ3) is 2.11. The van der Waals surface area contributed by atoms with E-state index in [9.17, 15) is 0 Å². The lowest BCUT2D eigenvalue weighted by atomic mass is 9.99. The summed E-state index contributed by atoms with van der Waals surface area (Å²) in [6, 6.07) is 11.1. The number of fused-ring (bicyclic) bond motifs is 1. The summed E-state index contributed by atoms with van der Waals surface area (Å²) in [6.45, 7) is 5.31. The van der Waals surface area contributed by atoms with E-state index in [1.165, 1.54) is 10.9 Å². The van der Waals surface area contributed by atoms with E-state index in [1.807, 2.05) is 0 Å². The van der Waals surface area contributed by atoms with Crippen LogP contribution in [0.1, 0.15) is 17.3 Å². The monoisotopic (exact) mass is 241 g/mol. The number of likely N-dealkylation sites (N-methyl/N-ethyl adjacent to an activating group) is 1. The highest BCUT2D eigenvalue weighted by molar-refractivity contribution is 5.82. The van der Waals surface area contributed by atoms with Gasteiger partial charge in [0.25, 0.3) is 0 Å².